The van der Waals surface area contributed by atoms with Gasteiger partial charge < -0.3 is 10.4 Å². The van der Waals surface area contributed by atoms with Crippen LogP contribution in [0.1, 0.15) is 11.4 Å². The van der Waals surface area contributed by atoms with Gasteiger partial charge in [0.2, 0.25) is 5.91 Å². The fourth-order valence-electron chi connectivity index (χ4n) is 2.94. The highest BCUT2D eigenvalue weighted by Crippen LogP contribution is 2.24. The zero-order chi connectivity index (χ0) is 17.1. The van der Waals surface area contributed by atoms with Gasteiger partial charge in [-0.25, -0.2) is 9.37 Å². The van der Waals surface area contributed by atoms with Gasteiger partial charge in [-0.1, -0.05) is 12.1 Å². The van der Waals surface area contributed by atoms with Gasteiger partial charge in [0, 0.05) is 29.2 Å². The fourth-order valence-corrected chi connectivity index (χ4v) is 3.57. The first kappa shape index (κ1) is 17.0. The smallest absolute Gasteiger partial charge is 0.238 e. The number of thiazole rings is 1. The van der Waals surface area contributed by atoms with Crippen LogP contribution in [0, 0.1) is 6.92 Å². The van der Waals surface area contributed by atoms with Crippen molar-refractivity contribution in [2.45, 2.75) is 25.6 Å². The third-order valence-corrected chi connectivity index (χ3v) is 4.87. The Morgan fingerprint density at radius 1 is 1.54 bits per heavy atom. The minimum Gasteiger partial charge on any atom is -0.395 e. The average Bonchev–Trinajstić information content (AvgIpc) is 3.13. The number of hydrogen-bond acceptors (Lipinski definition) is 5. The number of alkyl halides is 1. The molecule has 1 aliphatic heterocycles. The number of aliphatic hydroxyl groups excluding tert-OH is 1. The highest BCUT2D eigenvalue weighted by molar-refractivity contribution is 7.09. The summed E-state index contributed by atoms with van der Waals surface area (Å²) in [6.07, 6.45) is -0.700. The van der Waals surface area contributed by atoms with E-state index in [-0.39, 0.29) is 38.1 Å². The molecule has 5 nitrogen and oxygen atoms in total. The van der Waals surface area contributed by atoms with E-state index in [2.05, 4.69) is 10.3 Å². The number of carbonyl (C=O) groups is 1. The van der Waals surface area contributed by atoms with Gasteiger partial charge in [-0.05, 0) is 25.5 Å². The monoisotopic (exact) mass is 349 g/mol. The van der Waals surface area contributed by atoms with Gasteiger partial charge in [0.15, 0.2) is 0 Å². The molecule has 0 radical (unpaired) electrons. The molecule has 2 atom stereocenters. The average molecular weight is 349 g/mol. The van der Waals surface area contributed by atoms with Gasteiger partial charge in [-0.2, -0.15) is 0 Å². The van der Waals surface area contributed by atoms with Crippen LogP contribution in [0.4, 0.5) is 10.1 Å². The molecule has 1 amide bonds. The first-order valence-corrected chi connectivity index (χ1v) is 8.74. The van der Waals surface area contributed by atoms with Crippen molar-refractivity contribution in [3.8, 4) is 11.3 Å². The second kappa shape index (κ2) is 7.38. The molecule has 1 fully saturated rings. The number of anilines is 1. The highest BCUT2D eigenvalue weighted by Gasteiger charge is 2.32. The Kier molecular flexibility index (Phi) is 5.23. The summed E-state index contributed by atoms with van der Waals surface area (Å²) in [4.78, 5) is 18.3. The molecule has 1 aliphatic rings. The van der Waals surface area contributed by atoms with Gasteiger partial charge in [0.05, 0.1) is 23.9 Å². The Bertz CT molecular complexity index is 721. The normalized spacial score (nSPS) is 21.1. The molecule has 1 aromatic heterocycles. The molecule has 128 valence electrons. The molecule has 3 rings (SSSR count). The standard InChI is InChI=1S/C17H20FN3O2S/c1-11-19-16(10-24-11)12-3-2-4-14(5-12)20-17(23)8-21-7-13(18)6-15(21)9-22/h2-5,10,13,15,22H,6-9H2,1H3,(H,20,23)/t13-,15-/m0/s1. The number of rotatable bonds is 5. The number of benzene rings is 1. The van der Waals surface area contributed by atoms with Crippen molar-refractivity contribution in [2.75, 3.05) is 25.0 Å². The number of aromatic nitrogens is 1. The van der Waals surface area contributed by atoms with E-state index in [1.54, 1.807) is 16.2 Å². The van der Waals surface area contributed by atoms with Crippen LogP contribution in [0.2, 0.25) is 0 Å². The van der Waals surface area contributed by atoms with E-state index in [0.717, 1.165) is 16.3 Å². The quantitative estimate of drug-likeness (QED) is 0.870. The molecule has 0 saturated carbocycles. The van der Waals surface area contributed by atoms with E-state index < -0.39 is 6.17 Å². The third-order valence-electron chi connectivity index (χ3n) is 4.10. The fraction of sp³-hybridized carbons (Fsp3) is 0.412. The molecule has 0 unspecified atom stereocenters. The lowest BCUT2D eigenvalue weighted by atomic mass is 10.1. The number of aliphatic hydroxyl groups is 1. The molecule has 1 saturated heterocycles. The summed E-state index contributed by atoms with van der Waals surface area (Å²) >= 11 is 1.58. The van der Waals surface area contributed by atoms with E-state index in [4.69, 9.17) is 0 Å². The Morgan fingerprint density at radius 2 is 2.38 bits per heavy atom. The zero-order valence-electron chi connectivity index (χ0n) is 13.4. The number of aryl methyl sites for hydroxylation is 1. The summed E-state index contributed by atoms with van der Waals surface area (Å²) in [5, 5.41) is 15.1. The van der Waals surface area contributed by atoms with Crippen molar-refractivity contribution in [2.24, 2.45) is 0 Å². The Hall–Kier alpha value is -1.83. The molecule has 0 bridgehead atoms. The van der Waals surface area contributed by atoms with Crippen molar-refractivity contribution in [3.63, 3.8) is 0 Å². The molecule has 2 aromatic rings. The molecule has 2 N–H and O–H groups in total. The first-order chi connectivity index (χ1) is 11.5. The predicted molar refractivity (Wildman–Crippen MR) is 92.9 cm³/mol. The number of nitrogens with zero attached hydrogens (tertiary/aromatic N) is 2. The molecular formula is C17H20FN3O2S. The van der Waals surface area contributed by atoms with Crippen LogP contribution in [-0.4, -0.2) is 52.8 Å². The van der Waals surface area contributed by atoms with Crippen molar-refractivity contribution >= 4 is 22.9 Å². The summed E-state index contributed by atoms with van der Waals surface area (Å²) < 4.78 is 13.4. The second-order valence-corrected chi connectivity index (χ2v) is 7.04. The van der Waals surface area contributed by atoms with Gasteiger partial charge in [0.1, 0.15) is 6.17 Å². The van der Waals surface area contributed by atoms with E-state index in [9.17, 15) is 14.3 Å². The number of carbonyl (C=O) groups excluding carboxylic acids is 1. The summed E-state index contributed by atoms with van der Waals surface area (Å²) in [6, 6.07) is 7.21. The van der Waals surface area contributed by atoms with E-state index in [1.165, 1.54) is 0 Å². The zero-order valence-corrected chi connectivity index (χ0v) is 14.2. The topological polar surface area (TPSA) is 65.5 Å². The molecule has 0 aliphatic carbocycles. The lowest BCUT2D eigenvalue weighted by Gasteiger charge is -2.21. The minimum absolute atomic E-state index is 0.0751. The Labute approximate surface area is 144 Å². The van der Waals surface area contributed by atoms with Crippen molar-refractivity contribution < 1.29 is 14.3 Å². The third kappa shape index (κ3) is 3.98. The molecule has 2 heterocycles. The van der Waals surface area contributed by atoms with Crippen molar-refractivity contribution in [1.82, 2.24) is 9.88 Å². The summed E-state index contributed by atoms with van der Waals surface area (Å²) in [6.45, 7) is 2.08. The lowest BCUT2D eigenvalue weighted by molar-refractivity contribution is -0.117. The van der Waals surface area contributed by atoms with Crippen LogP contribution >= 0.6 is 11.3 Å². The summed E-state index contributed by atoms with van der Waals surface area (Å²) in [5.74, 6) is -0.214. The van der Waals surface area contributed by atoms with E-state index >= 15 is 0 Å². The van der Waals surface area contributed by atoms with E-state index in [0.29, 0.717) is 5.69 Å². The predicted octanol–water partition coefficient (Wildman–Crippen LogP) is 2.46. The van der Waals surface area contributed by atoms with Crippen LogP contribution in [-0.2, 0) is 4.79 Å². The highest BCUT2D eigenvalue weighted by atomic mass is 32.1. The SMILES string of the molecule is Cc1nc(-c2cccc(NC(=O)CN3C[C@@H](F)C[C@H]3CO)c2)cs1. The second-order valence-electron chi connectivity index (χ2n) is 5.98. The Morgan fingerprint density at radius 3 is 3.08 bits per heavy atom. The molecular weight excluding hydrogens is 329 g/mol. The van der Waals surface area contributed by atoms with Crippen LogP contribution in [0.5, 0.6) is 0 Å². The number of amides is 1. The van der Waals surface area contributed by atoms with Gasteiger partial charge in [-0.3, -0.25) is 9.69 Å². The van der Waals surface area contributed by atoms with Crippen LogP contribution < -0.4 is 5.32 Å². The van der Waals surface area contributed by atoms with Gasteiger partial charge in [-0.15, -0.1) is 11.3 Å². The summed E-state index contributed by atoms with van der Waals surface area (Å²) in [7, 11) is 0. The molecule has 0 spiro atoms. The van der Waals surface area contributed by atoms with Crippen molar-refractivity contribution in [3.05, 3.63) is 34.7 Å². The van der Waals surface area contributed by atoms with Crippen LogP contribution in [0.25, 0.3) is 11.3 Å². The number of halogens is 1. The van der Waals surface area contributed by atoms with Crippen LogP contribution in [0.3, 0.4) is 0 Å². The number of likely N-dealkylation sites (tertiary alicyclic amines) is 1. The number of nitrogens with one attached hydrogen (secondary N) is 1. The molecule has 24 heavy (non-hydrogen) atoms. The van der Waals surface area contributed by atoms with Gasteiger partial charge >= 0.3 is 0 Å². The Balaban J connectivity index is 1.64. The minimum atomic E-state index is -0.980. The number of hydrogen-bond donors (Lipinski definition) is 2. The first-order valence-electron chi connectivity index (χ1n) is 7.86. The summed E-state index contributed by atoms with van der Waals surface area (Å²) in [5.41, 5.74) is 2.50. The van der Waals surface area contributed by atoms with Crippen molar-refractivity contribution in [1.29, 1.82) is 0 Å². The molecule has 7 heteroatoms. The van der Waals surface area contributed by atoms with Gasteiger partial charge in [0.25, 0.3) is 0 Å². The van der Waals surface area contributed by atoms with E-state index in [1.807, 2.05) is 36.6 Å². The molecule has 1 aromatic carbocycles. The van der Waals surface area contributed by atoms with Crippen LogP contribution in [0.15, 0.2) is 29.6 Å². The maximum absolute atomic E-state index is 13.4. The maximum atomic E-state index is 13.4. The lowest BCUT2D eigenvalue weighted by Crippen LogP contribution is -2.38. The largest absolute Gasteiger partial charge is 0.395 e. The maximum Gasteiger partial charge on any atom is 0.238 e.